The summed E-state index contributed by atoms with van der Waals surface area (Å²) in [6.07, 6.45) is 0.586. The summed E-state index contributed by atoms with van der Waals surface area (Å²) in [6, 6.07) is -0.783. The van der Waals surface area contributed by atoms with Crippen molar-refractivity contribution in [1.29, 1.82) is 0 Å². The highest BCUT2D eigenvalue weighted by molar-refractivity contribution is 8.01. The van der Waals surface area contributed by atoms with E-state index in [-0.39, 0.29) is 17.4 Å². The summed E-state index contributed by atoms with van der Waals surface area (Å²) in [5.41, 5.74) is -1.61. The highest BCUT2D eigenvalue weighted by Gasteiger charge is 2.65. The van der Waals surface area contributed by atoms with Crippen LogP contribution in [-0.4, -0.2) is 61.0 Å². The number of hydrogen-bond acceptors (Lipinski definition) is 7. The van der Waals surface area contributed by atoms with E-state index < -0.39 is 45.5 Å². The highest BCUT2D eigenvalue weighted by Crippen LogP contribution is 2.52. The predicted octanol–water partition coefficient (Wildman–Crippen LogP) is 3.69. The van der Waals surface area contributed by atoms with Gasteiger partial charge in [-0.2, -0.15) is 0 Å². The molecule has 2 saturated heterocycles. The molecule has 0 aromatic heterocycles. The molecule has 0 bridgehead atoms. The van der Waals surface area contributed by atoms with Crippen LogP contribution in [0.15, 0.2) is 11.8 Å². The van der Waals surface area contributed by atoms with Gasteiger partial charge < -0.3 is 9.47 Å². The minimum Gasteiger partial charge on any atom is -0.455 e. The molecule has 2 amide bonds. The van der Waals surface area contributed by atoms with Crippen LogP contribution in [0.4, 0.5) is 4.79 Å². The van der Waals surface area contributed by atoms with Crippen molar-refractivity contribution in [2.24, 2.45) is 5.92 Å². The number of rotatable bonds is 4. The second-order valence-electron chi connectivity index (χ2n) is 10.5. The van der Waals surface area contributed by atoms with Crippen molar-refractivity contribution >= 4 is 35.5 Å². The van der Waals surface area contributed by atoms with Crippen LogP contribution in [0, 0.1) is 5.92 Å². The number of carbonyl (C=O) groups excluding carboxylic acids is 4. The number of fused-ring (bicyclic) bond motifs is 1. The molecule has 0 radical (unpaired) electrons. The number of β-lactam (4-membered cyclic amide) rings is 1. The van der Waals surface area contributed by atoms with Crippen molar-refractivity contribution in [1.82, 2.24) is 9.80 Å². The summed E-state index contributed by atoms with van der Waals surface area (Å²) < 4.78 is 11.0. The van der Waals surface area contributed by atoms with Crippen LogP contribution in [-0.2, 0) is 23.9 Å². The quantitative estimate of drug-likeness (QED) is 0.363. The van der Waals surface area contributed by atoms with Gasteiger partial charge in [-0.15, -0.1) is 11.8 Å². The van der Waals surface area contributed by atoms with Crippen LogP contribution < -0.4 is 0 Å². The molecule has 0 saturated carbocycles. The molecule has 0 aromatic rings. The number of allylic oxidation sites excluding steroid dienone is 1. The Labute approximate surface area is 188 Å². The normalized spacial score (nSPS) is 23.5. The van der Waals surface area contributed by atoms with E-state index >= 15 is 0 Å². The van der Waals surface area contributed by atoms with Crippen molar-refractivity contribution in [3.63, 3.8) is 0 Å². The van der Waals surface area contributed by atoms with Crippen molar-refractivity contribution in [2.45, 2.75) is 96.7 Å². The lowest BCUT2D eigenvalue weighted by Crippen LogP contribution is -2.67. The predicted molar refractivity (Wildman–Crippen MR) is 118 cm³/mol. The van der Waals surface area contributed by atoms with Gasteiger partial charge in [-0.1, -0.05) is 13.8 Å². The Balaban J connectivity index is 2.40. The lowest BCUT2D eigenvalue weighted by atomic mass is 10.0. The first-order valence-electron chi connectivity index (χ1n) is 10.4. The van der Waals surface area contributed by atoms with Crippen molar-refractivity contribution < 1.29 is 28.7 Å². The zero-order valence-electron chi connectivity index (χ0n) is 20.1. The maximum absolute atomic E-state index is 13.2. The lowest BCUT2D eigenvalue weighted by Gasteiger charge is -2.45. The summed E-state index contributed by atoms with van der Waals surface area (Å²) in [5, 5.41) is -0.520. The molecule has 2 atom stereocenters. The van der Waals surface area contributed by atoms with Gasteiger partial charge in [0.2, 0.25) is 0 Å². The number of amides is 2. The largest absolute Gasteiger partial charge is 0.455 e. The molecule has 0 aliphatic carbocycles. The Kier molecular flexibility index (Phi) is 6.63. The third kappa shape index (κ3) is 5.42. The first-order valence-corrected chi connectivity index (χ1v) is 11.3. The smallest absolute Gasteiger partial charge is 0.412 e. The van der Waals surface area contributed by atoms with Crippen molar-refractivity contribution in [2.75, 3.05) is 0 Å². The second kappa shape index (κ2) is 8.15. The molecule has 174 valence electrons. The Hall–Kier alpha value is -2.03. The van der Waals surface area contributed by atoms with Crippen LogP contribution in [0.1, 0.15) is 69.2 Å². The number of nitrogens with zero attached hydrogens (tertiary/aromatic N) is 2. The van der Waals surface area contributed by atoms with E-state index in [1.165, 1.54) is 27.6 Å². The van der Waals surface area contributed by atoms with Crippen LogP contribution >= 0.6 is 11.8 Å². The molecular formula is C22H34N2O6S. The maximum Gasteiger partial charge on any atom is 0.412 e. The van der Waals surface area contributed by atoms with E-state index in [2.05, 4.69) is 0 Å². The molecule has 0 spiro atoms. The average molecular weight is 455 g/mol. The summed E-state index contributed by atoms with van der Waals surface area (Å²) in [7, 11) is 0. The summed E-state index contributed by atoms with van der Waals surface area (Å²) in [4.78, 5) is 53.3. The van der Waals surface area contributed by atoms with E-state index in [1.54, 1.807) is 55.4 Å². The number of ether oxygens (including phenoxy) is 2. The maximum atomic E-state index is 13.2. The minimum absolute atomic E-state index is 0.103. The minimum atomic E-state index is -0.797. The van der Waals surface area contributed by atoms with Gasteiger partial charge in [-0.25, -0.2) is 9.59 Å². The first-order chi connectivity index (χ1) is 13.9. The van der Waals surface area contributed by atoms with E-state index in [1.807, 2.05) is 13.8 Å². The molecule has 0 aromatic carbocycles. The van der Waals surface area contributed by atoms with Crippen LogP contribution in [0.3, 0.4) is 0 Å². The molecule has 31 heavy (non-hydrogen) atoms. The van der Waals surface area contributed by atoms with E-state index in [4.69, 9.17) is 9.47 Å². The Morgan fingerprint density at radius 1 is 1.03 bits per heavy atom. The van der Waals surface area contributed by atoms with Gasteiger partial charge in [0.25, 0.3) is 5.91 Å². The molecule has 2 aliphatic rings. The first kappa shape index (κ1) is 25.2. The number of ketones is 1. The molecule has 8 nitrogen and oxygen atoms in total. The highest BCUT2D eigenvalue weighted by atomic mass is 32.2. The summed E-state index contributed by atoms with van der Waals surface area (Å²) in [6.45, 7) is 17.5. The number of hydrogen-bond donors (Lipinski definition) is 0. The fourth-order valence-corrected chi connectivity index (χ4v) is 4.83. The third-order valence-electron chi connectivity index (χ3n) is 4.59. The molecule has 2 unspecified atom stereocenters. The average Bonchev–Trinajstić information content (AvgIpc) is 2.78. The van der Waals surface area contributed by atoms with Gasteiger partial charge in [0.05, 0.1) is 4.87 Å². The summed E-state index contributed by atoms with van der Waals surface area (Å²) >= 11 is 1.36. The lowest BCUT2D eigenvalue weighted by molar-refractivity contribution is -0.160. The van der Waals surface area contributed by atoms with Crippen molar-refractivity contribution in [3.8, 4) is 0 Å². The van der Waals surface area contributed by atoms with Crippen molar-refractivity contribution in [3.05, 3.63) is 11.8 Å². The zero-order valence-corrected chi connectivity index (χ0v) is 20.9. The fraction of sp³-hybridized carbons (Fsp3) is 0.727. The molecule has 2 aliphatic heterocycles. The molecule has 0 N–H and O–H groups in total. The van der Waals surface area contributed by atoms with Gasteiger partial charge >= 0.3 is 12.1 Å². The number of likely N-dealkylation sites (tertiary alicyclic amines) is 1. The topological polar surface area (TPSA) is 93.2 Å². The van der Waals surface area contributed by atoms with E-state index in [0.717, 1.165) is 0 Å². The second-order valence-corrected chi connectivity index (χ2v) is 12.3. The standard InChI is InChI=1S/C22H34N2O6S/c1-12(2)14(25)11-13(18(27)29-20(3,4)5)23-16(26)15-17(23)31-22(9,10)24(15)19(28)30-21(6,7)8/h11-12,15,17H,1-10H3. The summed E-state index contributed by atoms with van der Waals surface area (Å²) in [5.74, 6) is -1.83. The van der Waals surface area contributed by atoms with Gasteiger partial charge in [0.1, 0.15) is 28.3 Å². The zero-order chi connectivity index (χ0) is 24.1. The Bertz CT molecular complexity index is 819. The molecule has 2 fully saturated rings. The van der Waals surface area contributed by atoms with Gasteiger partial charge in [0, 0.05) is 12.0 Å². The van der Waals surface area contributed by atoms with E-state index in [0.29, 0.717) is 0 Å². The Morgan fingerprint density at radius 2 is 1.55 bits per heavy atom. The van der Waals surface area contributed by atoms with Crippen LogP contribution in [0.5, 0.6) is 0 Å². The van der Waals surface area contributed by atoms with E-state index in [9.17, 15) is 19.2 Å². The fourth-order valence-electron chi connectivity index (χ4n) is 3.25. The number of esters is 1. The Morgan fingerprint density at radius 3 is 2.00 bits per heavy atom. The van der Waals surface area contributed by atoms with Gasteiger partial charge in [-0.05, 0) is 55.4 Å². The third-order valence-corrected chi connectivity index (χ3v) is 6.07. The number of thioether (sulfide) groups is 1. The monoisotopic (exact) mass is 454 g/mol. The molecular weight excluding hydrogens is 420 g/mol. The van der Waals surface area contributed by atoms with Gasteiger partial charge in [0.15, 0.2) is 5.78 Å². The van der Waals surface area contributed by atoms with Crippen LogP contribution in [0.25, 0.3) is 0 Å². The van der Waals surface area contributed by atoms with Crippen LogP contribution in [0.2, 0.25) is 0 Å². The molecule has 9 heteroatoms. The SMILES string of the molecule is CC(C)C(=O)C=C(C(=O)OC(C)(C)C)N1C(=O)C2C1SC(C)(C)N2C(=O)OC(C)(C)C. The molecule has 2 heterocycles. The number of carbonyl (C=O) groups is 4. The van der Waals surface area contributed by atoms with Gasteiger partial charge in [-0.3, -0.25) is 19.4 Å². The molecule has 2 rings (SSSR count).